The third-order valence-electron chi connectivity index (χ3n) is 2.45. The maximum Gasteiger partial charge on any atom is 0.0765 e. The lowest BCUT2D eigenvalue weighted by molar-refractivity contribution is 1.53. The molecule has 0 spiro atoms. The number of rotatable bonds is 1. The lowest BCUT2D eigenvalue weighted by Gasteiger charge is -2.09. The molecule has 2 rings (SSSR count). The van der Waals surface area contributed by atoms with Gasteiger partial charge in [-0.15, -0.1) is 0 Å². The van der Waals surface area contributed by atoms with Gasteiger partial charge in [0, 0.05) is 11.1 Å². The average Bonchev–Trinajstić information content (AvgIpc) is 2.19. The predicted molar refractivity (Wildman–Crippen MR) is 70.6 cm³/mol. The molecule has 0 aliphatic heterocycles. The minimum atomic E-state index is 0.795. The van der Waals surface area contributed by atoms with Crippen molar-refractivity contribution in [3.8, 4) is 0 Å². The molecule has 15 heavy (non-hydrogen) atoms. The Morgan fingerprint density at radius 2 is 1.73 bits per heavy atom. The third-order valence-corrected chi connectivity index (χ3v) is 2.55. The van der Waals surface area contributed by atoms with Crippen LogP contribution < -0.4 is 5.32 Å². The second kappa shape index (κ2) is 3.99. The molecule has 0 radical (unpaired) electrons. The number of hydrogen-bond acceptors (Lipinski definition) is 1. The van der Waals surface area contributed by atoms with Crippen molar-refractivity contribution in [2.75, 3.05) is 5.32 Å². The van der Waals surface area contributed by atoms with E-state index >= 15 is 0 Å². The van der Waals surface area contributed by atoms with Crippen LogP contribution in [0.1, 0.15) is 12.5 Å². The van der Waals surface area contributed by atoms with Gasteiger partial charge in [-0.1, -0.05) is 42.5 Å². The van der Waals surface area contributed by atoms with Crippen molar-refractivity contribution < 1.29 is 0 Å². The van der Waals surface area contributed by atoms with Crippen LogP contribution in [0.4, 0.5) is 5.69 Å². The van der Waals surface area contributed by atoms with Crippen LogP contribution in [-0.2, 0) is 0 Å². The number of thiocarbonyl (C=S) groups is 1. The first-order valence-electron chi connectivity index (χ1n) is 4.94. The minimum absolute atomic E-state index is 0.795. The fourth-order valence-corrected chi connectivity index (χ4v) is 1.88. The smallest absolute Gasteiger partial charge is 0.0765 e. The Hall–Kier alpha value is -1.41. The molecule has 0 aromatic heterocycles. The highest BCUT2D eigenvalue weighted by Crippen LogP contribution is 2.25. The second-order valence-electron chi connectivity index (χ2n) is 3.66. The molecule has 0 atom stereocenters. The molecule has 0 fully saturated rings. The van der Waals surface area contributed by atoms with Gasteiger partial charge in [-0.05, 0) is 30.9 Å². The molecule has 2 aromatic carbocycles. The zero-order valence-electron chi connectivity index (χ0n) is 8.87. The van der Waals surface area contributed by atoms with Crippen LogP contribution in [0.3, 0.4) is 0 Å². The van der Waals surface area contributed by atoms with E-state index in [-0.39, 0.29) is 0 Å². The summed E-state index contributed by atoms with van der Waals surface area (Å²) in [6, 6.07) is 12.5. The van der Waals surface area contributed by atoms with Crippen LogP contribution in [-0.4, -0.2) is 4.99 Å². The monoisotopic (exact) mass is 215 g/mol. The predicted octanol–water partition coefficient (Wildman–Crippen LogP) is 3.91. The first kappa shape index (κ1) is 10.1. The molecule has 1 N–H and O–H groups in total. The average molecular weight is 215 g/mol. The summed E-state index contributed by atoms with van der Waals surface area (Å²) in [7, 11) is 0. The first-order chi connectivity index (χ1) is 7.18. The molecule has 1 nitrogen and oxygen atoms in total. The van der Waals surface area contributed by atoms with Gasteiger partial charge in [-0.25, -0.2) is 0 Å². The molecule has 0 unspecified atom stereocenters. The Morgan fingerprint density at radius 1 is 1.07 bits per heavy atom. The third kappa shape index (κ3) is 2.00. The molecule has 2 heteroatoms. The molecule has 2 aromatic rings. The summed E-state index contributed by atoms with van der Waals surface area (Å²) in [6.07, 6.45) is 0. The summed E-state index contributed by atoms with van der Waals surface area (Å²) in [4.78, 5) is 0.795. The molecule has 0 saturated carbocycles. The summed E-state index contributed by atoms with van der Waals surface area (Å²) < 4.78 is 0. The van der Waals surface area contributed by atoms with Crippen LogP contribution in [0, 0.1) is 6.92 Å². The van der Waals surface area contributed by atoms with Gasteiger partial charge in [0.05, 0.1) is 4.99 Å². The second-order valence-corrected chi connectivity index (χ2v) is 4.27. The Balaban J connectivity index is 2.65. The standard InChI is InChI=1S/C13H13NS/c1-9-5-3-7-12-11(9)6-4-8-13(12)14-10(2)15/h3-8H,1-2H3,(H,14,15). The van der Waals surface area contributed by atoms with Crippen molar-refractivity contribution in [1.29, 1.82) is 0 Å². The van der Waals surface area contributed by atoms with Gasteiger partial charge < -0.3 is 5.32 Å². The fraction of sp³-hybridized carbons (Fsp3) is 0.154. The van der Waals surface area contributed by atoms with Gasteiger partial charge >= 0.3 is 0 Å². The molecule has 0 aliphatic carbocycles. The van der Waals surface area contributed by atoms with E-state index in [0.29, 0.717) is 0 Å². The summed E-state index contributed by atoms with van der Waals surface area (Å²) >= 11 is 5.06. The molecule has 0 aliphatic rings. The maximum atomic E-state index is 5.06. The van der Waals surface area contributed by atoms with Crippen LogP contribution in [0.25, 0.3) is 10.8 Å². The maximum absolute atomic E-state index is 5.06. The van der Waals surface area contributed by atoms with Crippen LogP contribution in [0.5, 0.6) is 0 Å². The van der Waals surface area contributed by atoms with Gasteiger partial charge in [0.15, 0.2) is 0 Å². The van der Waals surface area contributed by atoms with Crippen LogP contribution >= 0.6 is 12.2 Å². The van der Waals surface area contributed by atoms with E-state index in [2.05, 4.69) is 48.6 Å². The SMILES string of the molecule is CC(=S)Nc1cccc2c(C)cccc12. The van der Waals surface area contributed by atoms with Crippen LogP contribution in [0.2, 0.25) is 0 Å². The Morgan fingerprint density at radius 3 is 2.47 bits per heavy atom. The van der Waals surface area contributed by atoms with E-state index in [9.17, 15) is 0 Å². The normalized spacial score (nSPS) is 10.3. The zero-order chi connectivity index (χ0) is 10.8. The van der Waals surface area contributed by atoms with E-state index < -0.39 is 0 Å². The van der Waals surface area contributed by atoms with Gasteiger partial charge in [-0.2, -0.15) is 0 Å². The highest BCUT2D eigenvalue weighted by Gasteiger charge is 2.01. The quantitative estimate of drug-likeness (QED) is 0.724. The topological polar surface area (TPSA) is 12.0 Å². The summed E-state index contributed by atoms with van der Waals surface area (Å²) in [6.45, 7) is 4.01. The largest absolute Gasteiger partial charge is 0.350 e. The molecule has 0 heterocycles. The van der Waals surface area contributed by atoms with E-state index in [1.165, 1.54) is 16.3 Å². The molecule has 76 valence electrons. The number of fused-ring (bicyclic) bond motifs is 1. The van der Waals surface area contributed by atoms with E-state index in [0.717, 1.165) is 10.7 Å². The molecule has 0 bridgehead atoms. The summed E-state index contributed by atoms with van der Waals surface area (Å²) in [5.74, 6) is 0. The highest BCUT2D eigenvalue weighted by atomic mass is 32.1. The van der Waals surface area contributed by atoms with Crippen molar-refractivity contribution in [2.45, 2.75) is 13.8 Å². The summed E-state index contributed by atoms with van der Waals surface area (Å²) in [5, 5.41) is 5.71. The zero-order valence-corrected chi connectivity index (χ0v) is 9.69. The van der Waals surface area contributed by atoms with Crippen molar-refractivity contribution in [2.24, 2.45) is 0 Å². The van der Waals surface area contributed by atoms with Gasteiger partial charge in [0.1, 0.15) is 0 Å². The first-order valence-corrected chi connectivity index (χ1v) is 5.35. The Bertz CT molecular complexity index is 517. The Kier molecular flexibility index (Phi) is 2.69. The van der Waals surface area contributed by atoms with Gasteiger partial charge in [-0.3, -0.25) is 0 Å². The Labute approximate surface area is 95.1 Å². The highest BCUT2D eigenvalue weighted by molar-refractivity contribution is 7.80. The molecular formula is C13H13NS. The lowest BCUT2D eigenvalue weighted by Crippen LogP contribution is -2.03. The number of anilines is 1. The van der Waals surface area contributed by atoms with Gasteiger partial charge in [0.25, 0.3) is 0 Å². The van der Waals surface area contributed by atoms with E-state index in [1.807, 2.05) is 6.92 Å². The lowest BCUT2D eigenvalue weighted by atomic mass is 10.0. The van der Waals surface area contributed by atoms with Crippen molar-refractivity contribution >= 4 is 33.7 Å². The molecule has 0 saturated heterocycles. The molecule has 0 amide bonds. The van der Waals surface area contributed by atoms with Crippen molar-refractivity contribution in [3.63, 3.8) is 0 Å². The van der Waals surface area contributed by atoms with Crippen molar-refractivity contribution in [3.05, 3.63) is 42.0 Å². The van der Waals surface area contributed by atoms with Crippen molar-refractivity contribution in [1.82, 2.24) is 0 Å². The van der Waals surface area contributed by atoms with E-state index in [1.54, 1.807) is 0 Å². The number of nitrogens with one attached hydrogen (secondary N) is 1. The van der Waals surface area contributed by atoms with Crippen LogP contribution in [0.15, 0.2) is 36.4 Å². The summed E-state index contributed by atoms with van der Waals surface area (Å²) in [5.41, 5.74) is 2.38. The minimum Gasteiger partial charge on any atom is -0.350 e. The number of aryl methyl sites for hydroxylation is 1. The molecular weight excluding hydrogens is 202 g/mol. The van der Waals surface area contributed by atoms with E-state index in [4.69, 9.17) is 12.2 Å². The fourth-order valence-electron chi connectivity index (χ4n) is 1.77. The number of hydrogen-bond donors (Lipinski definition) is 1. The number of benzene rings is 2. The van der Waals surface area contributed by atoms with Gasteiger partial charge in [0.2, 0.25) is 0 Å².